The maximum absolute atomic E-state index is 11.7. The van der Waals surface area contributed by atoms with E-state index in [2.05, 4.69) is 27.7 Å². The largest absolute Gasteiger partial charge is 0.462 e. The minimum absolute atomic E-state index is 0.0107. The van der Waals surface area contributed by atoms with Crippen molar-refractivity contribution in [1.29, 1.82) is 0 Å². The first-order valence-corrected chi connectivity index (χ1v) is 7.24. The SMILES string of the molecule is CCCCC(=O)O[C@@H]1C[C@@H](C)CC[C@@H]1C(C)C. The average molecular weight is 240 g/mol. The summed E-state index contributed by atoms with van der Waals surface area (Å²) >= 11 is 0. The Balaban J connectivity index is 2.48. The fraction of sp³-hybridized carbons (Fsp3) is 0.933. The fourth-order valence-corrected chi connectivity index (χ4v) is 2.80. The second kappa shape index (κ2) is 7.03. The van der Waals surface area contributed by atoms with E-state index >= 15 is 0 Å². The van der Waals surface area contributed by atoms with Gasteiger partial charge in [0.25, 0.3) is 0 Å². The van der Waals surface area contributed by atoms with Gasteiger partial charge >= 0.3 is 5.97 Å². The molecule has 2 nitrogen and oxygen atoms in total. The molecule has 0 radical (unpaired) electrons. The molecule has 0 aromatic heterocycles. The maximum atomic E-state index is 11.7. The molecule has 17 heavy (non-hydrogen) atoms. The number of carbonyl (C=O) groups excluding carboxylic acids is 1. The highest BCUT2D eigenvalue weighted by molar-refractivity contribution is 5.69. The van der Waals surface area contributed by atoms with Crippen molar-refractivity contribution in [2.24, 2.45) is 17.8 Å². The van der Waals surface area contributed by atoms with E-state index in [0.717, 1.165) is 19.3 Å². The van der Waals surface area contributed by atoms with Crippen molar-refractivity contribution in [2.45, 2.75) is 72.3 Å². The van der Waals surface area contributed by atoms with Crippen molar-refractivity contribution in [3.8, 4) is 0 Å². The first-order chi connectivity index (χ1) is 8.04. The van der Waals surface area contributed by atoms with E-state index in [1.165, 1.54) is 12.8 Å². The van der Waals surface area contributed by atoms with Gasteiger partial charge in [-0.1, -0.05) is 40.5 Å². The van der Waals surface area contributed by atoms with Gasteiger partial charge in [-0.15, -0.1) is 0 Å². The predicted octanol–water partition coefficient (Wildman–Crippen LogP) is 4.18. The van der Waals surface area contributed by atoms with Gasteiger partial charge in [-0.3, -0.25) is 4.79 Å². The van der Waals surface area contributed by atoms with E-state index in [1.807, 2.05) is 0 Å². The summed E-state index contributed by atoms with van der Waals surface area (Å²) in [7, 11) is 0. The van der Waals surface area contributed by atoms with E-state index in [9.17, 15) is 4.79 Å². The summed E-state index contributed by atoms with van der Waals surface area (Å²) in [6.45, 7) is 8.86. The molecule has 0 bridgehead atoms. The molecule has 2 heteroatoms. The molecule has 0 amide bonds. The zero-order valence-electron chi connectivity index (χ0n) is 11.9. The quantitative estimate of drug-likeness (QED) is 0.674. The molecule has 1 aliphatic rings. The number of esters is 1. The van der Waals surface area contributed by atoms with Crippen LogP contribution in [-0.2, 0) is 9.53 Å². The van der Waals surface area contributed by atoms with Crippen LogP contribution in [0.3, 0.4) is 0 Å². The van der Waals surface area contributed by atoms with Gasteiger partial charge in [-0.25, -0.2) is 0 Å². The van der Waals surface area contributed by atoms with Crippen LogP contribution in [0.25, 0.3) is 0 Å². The van der Waals surface area contributed by atoms with Crippen LogP contribution in [0.1, 0.15) is 66.2 Å². The van der Waals surface area contributed by atoms with Crippen molar-refractivity contribution in [1.82, 2.24) is 0 Å². The lowest BCUT2D eigenvalue weighted by molar-refractivity contribution is -0.156. The second-order valence-corrected chi connectivity index (χ2v) is 5.96. The number of unbranched alkanes of at least 4 members (excludes halogenated alkanes) is 1. The smallest absolute Gasteiger partial charge is 0.306 e. The lowest BCUT2D eigenvalue weighted by Gasteiger charge is -2.36. The first kappa shape index (κ1) is 14.5. The molecule has 3 atom stereocenters. The Morgan fingerprint density at radius 3 is 2.65 bits per heavy atom. The topological polar surface area (TPSA) is 26.3 Å². The van der Waals surface area contributed by atoms with Gasteiger partial charge in [0.05, 0.1) is 0 Å². The van der Waals surface area contributed by atoms with Gasteiger partial charge in [-0.05, 0) is 37.0 Å². The lowest BCUT2D eigenvalue weighted by Crippen LogP contribution is -2.35. The van der Waals surface area contributed by atoms with Crippen LogP contribution >= 0.6 is 0 Å². The van der Waals surface area contributed by atoms with Crippen LogP contribution in [0, 0.1) is 17.8 Å². The predicted molar refractivity (Wildman–Crippen MR) is 70.7 cm³/mol. The van der Waals surface area contributed by atoms with Crippen LogP contribution in [0.15, 0.2) is 0 Å². The van der Waals surface area contributed by atoms with Gasteiger partial charge in [0.2, 0.25) is 0 Å². The van der Waals surface area contributed by atoms with Gasteiger partial charge in [-0.2, -0.15) is 0 Å². The summed E-state index contributed by atoms with van der Waals surface area (Å²) in [6.07, 6.45) is 6.32. The van der Waals surface area contributed by atoms with Gasteiger partial charge in [0.15, 0.2) is 0 Å². The molecule has 0 saturated heterocycles. The summed E-state index contributed by atoms with van der Waals surface area (Å²) in [6, 6.07) is 0. The summed E-state index contributed by atoms with van der Waals surface area (Å²) in [5, 5.41) is 0. The molecule has 100 valence electrons. The van der Waals surface area contributed by atoms with E-state index in [0.29, 0.717) is 24.2 Å². The molecular weight excluding hydrogens is 212 g/mol. The third-order valence-electron chi connectivity index (χ3n) is 3.98. The number of carbonyl (C=O) groups is 1. The highest BCUT2D eigenvalue weighted by atomic mass is 16.5. The highest BCUT2D eigenvalue weighted by Gasteiger charge is 2.33. The Morgan fingerprint density at radius 1 is 1.35 bits per heavy atom. The Bertz CT molecular complexity index is 235. The van der Waals surface area contributed by atoms with Crippen LogP contribution in [0.5, 0.6) is 0 Å². The van der Waals surface area contributed by atoms with E-state index in [4.69, 9.17) is 4.74 Å². The van der Waals surface area contributed by atoms with Crippen molar-refractivity contribution in [2.75, 3.05) is 0 Å². The zero-order chi connectivity index (χ0) is 12.8. The number of hydrogen-bond donors (Lipinski definition) is 0. The van der Waals surface area contributed by atoms with Crippen LogP contribution < -0.4 is 0 Å². The van der Waals surface area contributed by atoms with E-state index in [1.54, 1.807) is 0 Å². The standard InChI is InChI=1S/C15H28O2/c1-5-6-7-15(16)17-14-10-12(4)8-9-13(14)11(2)3/h11-14H,5-10H2,1-4H3/t12-,13+,14+/m0/s1. The minimum Gasteiger partial charge on any atom is -0.462 e. The molecule has 0 aliphatic heterocycles. The lowest BCUT2D eigenvalue weighted by atomic mass is 9.75. The highest BCUT2D eigenvalue weighted by Crippen LogP contribution is 2.35. The van der Waals surface area contributed by atoms with E-state index < -0.39 is 0 Å². The van der Waals surface area contributed by atoms with Crippen molar-refractivity contribution in [3.63, 3.8) is 0 Å². The monoisotopic (exact) mass is 240 g/mol. The Morgan fingerprint density at radius 2 is 2.06 bits per heavy atom. The number of ether oxygens (including phenoxy) is 1. The molecule has 0 aromatic rings. The normalized spacial score (nSPS) is 29.4. The molecule has 1 aliphatic carbocycles. The summed E-state index contributed by atoms with van der Waals surface area (Å²) in [5.41, 5.74) is 0. The molecule has 1 rings (SSSR count). The maximum Gasteiger partial charge on any atom is 0.306 e. The third-order valence-corrected chi connectivity index (χ3v) is 3.98. The Hall–Kier alpha value is -0.530. The molecule has 0 spiro atoms. The van der Waals surface area contributed by atoms with Crippen molar-refractivity contribution < 1.29 is 9.53 Å². The Kier molecular flexibility index (Phi) is 6.01. The van der Waals surface area contributed by atoms with Crippen molar-refractivity contribution >= 4 is 5.97 Å². The fourth-order valence-electron chi connectivity index (χ4n) is 2.80. The average Bonchev–Trinajstić information content (AvgIpc) is 2.26. The van der Waals surface area contributed by atoms with Gasteiger partial charge in [0.1, 0.15) is 6.10 Å². The first-order valence-electron chi connectivity index (χ1n) is 7.24. The number of rotatable bonds is 5. The second-order valence-electron chi connectivity index (χ2n) is 5.96. The summed E-state index contributed by atoms with van der Waals surface area (Å²) in [5.74, 6) is 1.90. The summed E-state index contributed by atoms with van der Waals surface area (Å²) in [4.78, 5) is 11.7. The minimum atomic E-state index is 0.0107. The molecule has 0 unspecified atom stereocenters. The molecular formula is C15H28O2. The number of hydrogen-bond acceptors (Lipinski definition) is 2. The molecule has 1 fully saturated rings. The van der Waals surface area contributed by atoms with Crippen LogP contribution in [-0.4, -0.2) is 12.1 Å². The third kappa shape index (κ3) is 4.69. The zero-order valence-corrected chi connectivity index (χ0v) is 11.9. The van der Waals surface area contributed by atoms with E-state index in [-0.39, 0.29) is 12.1 Å². The van der Waals surface area contributed by atoms with Gasteiger partial charge in [0, 0.05) is 6.42 Å². The summed E-state index contributed by atoms with van der Waals surface area (Å²) < 4.78 is 5.70. The van der Waals surface area contributed by atoms with Gasteiger partial charge < -0.3 is 4.74 Å². The molecule has 1 saturated carbocycles. The van der Waals surface area contributed by atoms with Crippen LogP contribution in [0.4, 0.5) is 0 Å². The molecule has 0 heterocycles. The van der Waals surface area contributed by atoms with Crippen LogP contribution in [0.2, 0.25) is 0 Å². The van der Waals surface area contributed by atoms with Crippen molar-refractivity contribution in [3.05, 3.63) is 0 Å². The molecule has 0 N–H and O–H groups in total. The Labute approximate surface area is 106 Å². The molecule has 0 aromatic carbocycles.